The molecule has 1 N–H and O–H groups in total. The number of carboxylic acid groups (broad SMARTS) is 1. The summed E-state index contributed by atoms with van der Waals surface area (Å²) in [5.74, 6) is -0.871. The fraction of sp³-hybridized carbons (Fsp3) is 0.903. The van der Waals surface area contributed by atoms with E-state index >= 15 is 0 Å². The molecule has 0 saturated carbocycles. The molecule has 5 nitrogen and oxygen atoms in total. The molecule has 0 aliphatic heterocycles. The van der Waals surface area contributed by atoms with Crippen molar-refractivity contribution in [2.75, 3.05) is 40.5 Å². The van der Waals surface area contributed by atoms with Gasteiger partial charge < -0.3 is 19.5 Å². The van der Waals surface area contributed by atoms with Crippen LogP contribution in [0.2, 0.25) is 0 Å². The zero-order valence-corrected chi connectivity index (χ0v) is 24.5. The van der Waals surface area contributed by atoms with E-state index in [9.17, 15) is 4.79 Å². The average Bonchev–Trinajstić information content (AvgIpc) is 2.85. The number of allylic oxidation sites excluding steroid dienone is 2. The van der Waals surface area contributed by atoms with Crippen molar-refractivity contribution in [1.29, 1.82) is 0 Å². The molecular formula is C31H61NO4. The van der Waals surface area contributed by atoms with Crippen LogP contribution in [0.1, 0.15) is 129 Å². The third kappa shape index (κ3) is 24.8. The lowest BCUT2D eigenvalue weighted by atomic mass is 10.0. The summed E-state index contributed by atoms with van der Waals surface area (Å²) in [5.41, 5.74) is 0. The summed E-state index contributed by atoms with van der Waals surface area (Å²) >= 11 is 0. The minimum Gasteiger partial charge on any atom is -0.481 e. The van der Waals surface area contributed by atoms with Crippen LogP contribution in [0.5, 0.6) is 0 Å². The fourth-order valence-electron chi connectivity index (χ4n) is 4.19. The number of carboxylic acids is 1. The Balaban J connectivity index is 3.44. The standard InChI is InChI=1S/C31H61NO4/c1-5-6-7-8-19-22-25-35-27-30(32(3)4)28-36-26-23-20-17-15-13-11-9-10-12-14-16-18-21-24-29(2)31(33)34/h10,12,29-30H,5-9,11,13-28H2,1-4H3,(H,33,34)/b12-10-. The summed E-state index contributed by atoms with van der Waals surface area (Å²) in [6.45, 7) is 7.32. The molecule has 0 radical (unpaired) electrons. The maximum absolute atomic E-state index is 10.8. The second kappa shape index (κ2) is 27.1. The Labute approximate surface area is 224 Å². The average molecular weight is 512 g/mol. The minimum atomic E-state index is -0.670. The molecule has 2 atom stereocenters. The van der Waals surface area contributed by atoms with Crippen LogP contribution < -0.4 is 0 Å². The minimum absolute atomic E-state index is 0.201. The zero-order valence-electron chi connectivity index (χ0n) is 24.5. The van der Waals surface area contributed by atoms with Gasteiger partial charge in [0.15, 0.2) is 0 Å². The Bertz CT molecular complexity index is 495. The summed E-state index contributed by atoms with van der Waals surface area (Å²) in [5, 5.41) is 8.88. The lowest BCUT2D eigenvalue weighted by Gasteiger charge is -2.24. The number of carbonyl (C=O) groups is 1. The van der Waals surface area contributed by atoms with Gasteiger partial charge in [0, 0.05) is 13.2 Å². The van der Waals surface area contributed by atoms with Crippen molar-refractivity contribution in [3.8, 4) is 0 Å². The molecule has 0 heterocycles. The van der Waals surface area contributed by atoms with Gasteiger partial charge in [-0.15, -0.1) is 0 Å². The highest BCUT2D eigenvalue weighted by Crippen LogP contribution is 2.12. The Morgan fingerprint density at radius 3 is 1.64 bits per heavy atom. The van der Waals surface area contributed by atoms with Gasteiger partial charge in [0.1, 0.15) is 0 Å². The highest BCUT2D eigenvalue weighted by molar-refractivity contribution is 5.69. The molecule has 5 heteroatoms. The molecule has 0 spiro atoms. The first-order chi connectivity index (χ1) is 17.5. The molecular weight excluding hydrogens is 450 g/mol. The van der Waals surface area contributed by atoms with Gasteiger partial charge in [0.2, 0.25) is 0 Å². The lowest BCUT2D eigenvalue weighted by molar-refractivity contribution is -0.141. The summed E-state index contributed by atoms with van der Waals surface area (Å²) in [6.07, 6.45) is 26.6. The topological polar surface area (TPSA) is 59.0 Å². The van der Waals surface area contributed by atoms with E-state index < -0.39 is 5.97 Å². The maximum atomic E-state index is 10.8. The number of hydrogen-bond donors (Lipinski definition) is 1. The van der Waals surface area contributed by atoms with Crippen LogP contribution in [-0.4, -0.2) is 62.5 Å². The van der Waals surface area contributed by atoms with Gasteiger partial charge in [-0.05, 0) is 59.0 Å². The monoisotopic (exact) mass is 511 g/mol. The van der Waals surface area contributed by atoms with Gasteiger partial charge in [-0.25, -0.2) is 0 Å². The van der Waals surface area contributed by atoms with Gasteiger partial charge in [-0.1, -0.05) is 96.6 Å². The number of ether oxygens (including phenoxy) is 2. The van der Waals surface area contributed by atoms with Crippen molar-refractivity contribution in [2.45, 2.75) is 135 Å². The molecule has 0 saturated heterocycles. The molecule has 0 aromatic carbocycles. The van der Waals surface area contributed by atoms with Gasteiger partial charge in [-0.2, -0.15) is 0 Å². The Morgan fingerprint density at radius 2 is 1.17 bits per heavy atom. The van der Waals surface area contributed by atoms with E-state index in [1.807, 2.05) is 0 Å². The number of nitrogens with zero attached hydrogens (tertiary/aromatic N) is 1. The molecule has 0 aromatic rings. The van der Waals surface area contributed by atoms with Crippen molar-refractivity contribution in [3.05, 3.63) is 12.2 Å². The number of likely N-dealkylation sites (N-methyl/N-ethyl adjacent to an activating group) is 1. The third-order valence-corrected chi connectivity index (χ3v) is 7.00. The number of unbranched alkanes of at least 4 members (excludes halogenated alkanes) is 14. The Morgan fingerprint density at radius 1 is 0.722 bits per heavy atom. The largest absolute Gasteiger partial charge is 0.481 e. The molecule has 36 heavy (non-hydrogen) atoms. The van der Waals surface area contributed by atoms with Gasteiger partial charge in [0.25, 0.3) is 0 Å². The first-order valence-electron chi connectivity index (χ1n) is 15.2. The van der Waals surface area contributed by atoms with Crippen LogP contribution in [0.25, 0.3) is 0 Å². The predicted octanol–water partition coefficient (Wildman–Crippen LogP) is 8.27. The van der Waals surface area contributed by atoms with Crippen LogP contribution in [0.3, 0.4) is 0 Å². The van der Waals surface area contributed by atoms with Crippen LogP contribution in [0.4, 0.5) is 0 Å². The fourth-order valence-corrected chi connectivity index (χ4v) is 4.19. The maximum Gasteiger partial charge on any atom is 0.306 e. The predicted molar refractivity (Wildman–Crippen MR) is 154 cm³/mol. The van der Waals surface area contributed by atoms with Crippen LogP contribution in [0, 0.1) is 5.92 Å². The van der Waals surface area contributed by atoms with Crippen molar-refractivity contribution >= 4 is 5.97 Å². The number of rotatable bonds is 28. The van der Waals surface area contributed by atoms with Crippen LogP contribution in [-0.2, 0) is 14.3 Å². The quantitative estimate of drug-likeness (QED) is 0.0846. The zero-order chi connectivity index (χ0) is 26.7. The molecule has 0 amide bonds. The van der Waals surface area contributed by atoms with Crippen LogP contribution >= 0.6 is 0 Å². The summed E-state index contributed by atoms with van der Waals surface area (Å²) in [7, 11) is 4.23. The smallest absolute Gasteiger partial charge is 0.306 e. The number of hydrogen-bond acceptors (Lipinski definition) is 4. The second-order valence-electron chi connectivity index (χ2n) is 10.8. The van der Waals surface area contributed by atoms with E-state index in [-0.39, 0.29) is 5.92 Å². The third-order valence-electron chi connectivity index (χ3n) is 7.00. The van der Waals surface area contributed by atoms with E-state index in [2.05, 4.69) is 38.1 Å². The first-order valence-corrected chi connectivity index (χ1v) is 15.2. The van der Waals surface area contributed by atoms with Crippen molar-refractivity contribution in [1.82, 2.24) is 4.90 Å². The highest BCUT2D eigenvalue weighted by Gasteiger charge is 2.12. The van der Waals surface area contributed by atoms with E-state index in [0.717, 1.165) is 58.5 Å². The van der Waals surface area contributed by atoms with Crippen molar-refractivity contribution in [3.63, 3.8) is 0 Å². The first kappa shape index (κ1) is 35.1. The molecule has 0 rings (SSSR count). The van der Waals surface area contributed by atoms with Crippen molar-refractivity contribution in [2.24, 2.45) is 5.92 Å². The summed E-state index contributed by atoms with van der Waals surface area (Å²) in [4.78, 5) is 13.0. The molecule has 2 unspecified atom stereocenters. The van der Waals surface area contributed by atoms with E-state index in [4.69, 9.17) is 14.6 Å². The van der Waals surface area contributed by atoms with Gasteiger partial charge >= 0.3 is 5.97 Å². The summed E-state index contributed by atoms with van der Waals surface area (Å²) in [6, 6.07) is 0.346. The second-order valence-corrected chi connectivity index (χ2v) is 10.8. The molecule has 0 aliphatic rings. The van der Waals surface area contributed by atoms with E-state index in [1.54, 1.807) is 6.92 Å². The van der Waals surface area contributed by atoms with Crippen molar-refractivity contribution < 1.29 is 19.4 Å². The van der Waals surface area contributed by atoms with Gasteiger partial charge in [0.05, 0.1) is 25.2 Å². The SMILES string of the molecule is CCCCCCCCOCC(COCCCCCCCC/C=C\CCCCCC(C)C(=O)O)N(C)C. The van der Waals surface area contributed by atoms with Crippen LogP contribution in [0.15, 0.2) is 12.2 Å². The normalized spacial score (nSPS) is 13.6. The molecule has 0 aliphatic carbocycles. The Hall–Kier alpha value is -0.910. The molecule has 0 fully saturated rings. The van der Waals surface area contributed by atoms with E-state index in [1.165, 1.54) is 83.5 Å². The Kier molecular flexibility index (Phi) is 26.4. The van der Waals surface area contributed by atoms with E-state index in [0.29, 0.717) is 6.04 Å². The lowest BCUT2D eigenvalue weighted by Crippen LogP contribution is -2.37. The molecule has 0 bridgehead atoms. The molecule has 0 aromatic heterocycles. The highest BCUT2D eigenvalue weighted by atomic mass is 16.5. The number of aliphatic carboxylic acids is 1. The van der Waals surface area contributed by atoms with Gasteiger partial charge in [-0.3, -0.25) is 4.79 Å². The summed E-state index contributed by atoms with van der Waals surface area (Å²) < 4.78 is 11.9. The molecule has 214 valence electrons.